The molecular weight excluding hydrogens is 184 g/mol. The van der Waals surface area contributed by atoms with Crippen LogP contribution in [0.1, 0.15) is 12.0 Å². The second-order valence-corrected chi connectivity index (χ2v) is 4.11. The second kappa shape index (κ2) is 3.34. The highest BCUT2D eigenvalue weighted by atomic mass is 32.2. The maximum absolute atomic E-state index is 11.5. The van der Waals surface area contributed by atoms with E-state index in [1.165, 1.54) is 0 Å². The molecule has 0 aliphatic heterocycles. The van der Waals surface area contributed by atoms with Crippen LogP contribution < -0.4 is 0 Å². The Balaban J connectivity index is 2.10. The Morgan fingerprint density at radius 3 is 2.46 bits per heavy atom. The molecule has 0 saturated heterocycles. The van der Waals surface area contributed by atoms with E-state index >= 15 is 0 Å². The molecule has 0 radical (unpaired) electrons. The van der Waals surface area contributed by atoms with Gasteiger partial charge in [-0.2, -0.15) is 0 Å². The molecule has 1 aromatic carbocycles. The average molecular weight is 194 g/mol. The first-order valence-corrected chi connectivity index (χ1v) is 5.19. The standard InChI is InChI=1S/C10H10O2S/c1-8-2-6-10(7-3-8)13(11)12-9-4-5-9/h2-4,6-7H,5H2,1H3. The van der Waals surface area contributed by atoms with E-state index in [1.54, 1.807) is 0 Å². The van der Waals surface area contributed by atoms with Gasteiger partial charge in [-0.05, 0) is 25.1 Å². The van der Waals surface area contributed by atoms with Crippen LogP contribution in [0.15, 0.2) is 41.0 Å². The first kappa shape index (κ1) is 8.51. The molecule has 1 aromatic rings. The Morgan fingerprint density at radius 2 is 1.92 bits per heavy atom. The van der Waals surface area contributed by atoms with E-state index in [1.807, 2.05) is 37.3 Å². The third kappa shape index (κ3) is 2.18. The molecule has 1 unspecified atom stereocenters. The Morgan fingerprint density at radius 1 is 1.31 bits per heavy atom. The SMILES string of the molecule is Cc1ccc(S(=O)OC2=CC2)cc1. The number of rotatable bonds is 3. The summed E-state index contributed by atoms with van der Waals surface area (Å²) in [5.74, 6) is 0.832. The number of hydrogen-bond acceptors (Lipinski definition) is 2. The van der Waals surface area contributed by atoms with Crippen LogP contribution in [0, 0.1) is 6.92 Å². The molecule has 0 heterocycles. The van der Waals surface area contributed by atoms with Crippen molar-refractivity contribution in [2.75, 3.05) is 0 Å². The number of hydrogen-bond donors (Lipinski definition) is 0. The van der Waals surface area contributed by atoms with Gasteiger partial charge < -0.3 is 4.18 Å². The quantitative estimate of drug-likeness (QED) is 0.738. The van der Waals surface area contributed by atoms with E-state index in [9.17, 15) is 4.21 Å². The number of benzene rings is 1. The highest BCUT2D eigenvalue weighted by Gasteiger charge is 2.14. The van der Waals surface area contributed by atoms with Gasteiger partial charge in [0.25, 0.3) is 0 Å². The average Bonchev–Trinajstić information content (AvgIpc) is 2.89. The molecule has 0 fully saturated rings. The lowest BCUT2D eigenvalue weighted by Crippen LogP contribution is -1.93. The summed E-state index contributed by atoms with van der Waals surface area (Å²) in [5, 5.41) is 0. The van der Waals surface area contributed by atoms with Crippen LogP contribution in [0.3, 0.4) is 0 Å². The van der Waals surface area contributed by atoms with Crippen molar-refractivity contribution in [2.24, 2.45) is 0 Å². The van der Waals surface area contributed by atoms with Gasteiger partial charge in [-0.25, -0.2) is 4.21 Å². The highest BCUT2D eigenvalue weighted by Crippen LogP contribution is 2.23. The summed E-state index contributed by atoms with van der Waals surface area (Å²) in [6, 6.07) is 7.51. The molecule has 0 N–H and O–H groups in total. The molecule has 1 aliphatic carbocycles. The summed E-state index contributed by atoms with van der Waals surface area (Å²) in [6.07, 6.45) is 2.75. The zero-order valence-corrected chi connectivity index (χ0v) is 8.14. The molecule has 3 heteroatoms. The Kier molecular flexibility index (Phi) is 2.19. The summed E-state index contributed by atoms with van der Waals surface area (Å²) in [6.45, 7) is 2.00. The first-order chi connectivity index (χ1) is 6.25. The van der Waals surface area contributed by atoms with Gasteiger partial charge in [-0.3, -0.25) is 0 Å². The molecule has 0 spiro atoms. The minimum Gasteiger partial charge on any atom is -0.402 e. The van der Waals surface area contributed by atoms with Gasteiger partial charge in [0.1, 0.15) is 5.76 Å². The van der Waals surface area contributed by atoms with Gasteiger partial charge in [0, 0.05) is 6.42 Å². The van der Waals surface area contributed by atoms with Crippen molar-refractivity contribution in [2.45, 2.75) is 18.2 Å². The van der Waals surface area contributed by atoms with Crippen LogP contribution in [0.4, 0.5) is 0 Å². The van der Waals surface area contributed by atoms with Gasteiger partial charge in [0.05, 0.1) is 4.90 Å². The van der Waals surface area contributed by atoms with Crippen molar-refractivity contribution >= 4 is 11.1 Å². The van der Waals surface area contributed by atoms with Crippen LogP contribution in [-0.4, -0.2) is 4.21 Å². The van der Waals surface area contributed by atoms with Crippen LogP contribution in [-0.2, 0) is 15.3 Å². The van der Waals surface area contributed by atoms with Crippen LogP contribution >= 0.6 is 0 Å². The fraction of sp³-hybridized carbons (Fsp3) is 0.200. The van der Waals surface area contributed by atoms with E-state index in [0.717, 1.165) is 22.6 Å². The maximum Gasteiger partial charge on any atom is 0.240 e. The molecule has 0 amide bonds. The molecular formula is C10H10O2S. The van der Waals surface area contributed by atoms with Crippen LogP contribution in [0.25, 0.3) is 0 Å². The highest BCUT2D eigenvalue weighted by molar-refractivity contribution is 7.80. The fourth-order valence-corrected chi connectivity index (χ4v) is 1.69. The number of allylic oxidation sites excluding steroid dienone is 2. The number of aryl methyl sites for hydroxylation is 1. The van der Waals surface area contributed by atoms with E-state index in [-0.39, 0.29) is 0 Å². The minimum absolute atomic E-state index is 0.721. The summed E-state index contributed by atoms with van der Waals surface area (Å²) in [4.78, 5) is 0.721. The maximum atomic E-state index is 11.5. The monoisotopic (exact) mass is 194 g/mol. The Hall–Kier alpha value is -1.09. The van der Waals surface area contributed by atoms with E-state index in [0.29, 0.717) is 0 Å². The first-order valence-electron chi connectivity index (χ1n) is 4.11. The smallest absolute Gasteiger partial charge is 0.240 e. The third-order valence-electron chi connectivity index (χ3n) is 1.77. The van der Waals surface area contributed by atoms with Crippen molar-refractivity contribution in [1.29, 1.82) is 0 Å². The largest absolute Gasteiger partial charge is 0.402 e. The zero-order valence-electron chi connectivity index (χ0n) is 7.32. The molecule has 0 saturated carbocycles. The topological polar surface area (TPSA) is 26.3 Å². The van der Waals surface area contributed by atoms with Gasteiger partial charge in [-0.15, -0.1) is 0 Å². The van der Waals surface area contributed by atoms with E-state index in [4.69, 9.17) is 4.18 Å². The van der Waals surface area contributed by atoms with Gasteiger partial charge in [0.2, 0.25) is 11.1 Å². The molecule has 1 aliphatic rings. The van der Waals surface area contributed by atoms with E-state index in [2.05, 4.69) is 0 Å². The predicted octanol–water partition coefficient (Wildman–Crippen LogP) is 2.32. The summed E-state index contributed by atoms with van der Waals surface area (Å²) < 4.78 is 16.6. The third-order valence-corrected chi connectivity index (χ3v) is 2.79. The Bertz CT molecular complexity index is 365. The molecule has 0 aromatic heterocycles. The summed E-state index contributed by atoms with van der Waals surface area (Å²) in [5.41, 5.74) is 1.16. The van der Waals surface area contributed by atoms with Crippen molar-refractivity contribution in [3.8, 4) is 0 Å². The van der Waals surface area contributed by atoms with Crippen LogP contribution in [0.2, 0.25) is 0 Å². The molecule has 2 rings (SSSR count). The van der Waals surface area contributed by atoms with Crippen LogP contribution in [0.5, 0.6) is 0 Å². The Labute approximate surface area is 79.9 Å². The predicted molar refractivity (Wildman–Crippen MR) is 51.4 cm³/mol. The molecule has 2 nitrogen and oxygen atoms in total. The normalized spacial score (nSPS) is 16.2. The molecule has 13 heavy (non-hydrogen) atoms. The molecule has 0 bridgehead atoms. The lowest BCUT2D eigenvalue weighted by molar-refractivity contribution is 0.475. The van der Waals surface area contributed by atoms with Crippen molar-refractivity contribution < 1.29 is 8.39 Å². The van der Waals surface area contributed by atoms with Gasteiger partial charge >= 0.3 is 0 Å². The minimum atomic E-state index is -1.33. The van der Waals surface area contributed by atoms with Crippen molar-refractivity contribution in [3.05, 3.63) is 41.7 Å². The summed E-state index contributed by atoms with van der Waals surface area (Å²) in [7, 11) is 0. The van der Waals surface area contributed by atoms with Gasteiger partial charge in [0.15, 0.2) is 0 Å². The van der Waals surface area contributed by atoms with E-state index < -0.39 is 11.1 Å². The van der Waals surface area contributed by atoms with Crippen molar-refractivity contribution in [1.82, 2.24) is 0 Å². The van der Waals surface area contributed by atoms with Gasteiger partial charge in [-0.1, -0.05) is 17.7 Å². The zero-order chi connectivity index (χ0) is 9.26. The lowest BCUT2D eigenvalue weighted by Gasteiger charge is -2.00. The molecule has 1 atom stereocenters. The second-order valence-electron chi connectivity index (χ2n) is 3.01. The van der Waals surface area contributed by atoms with Crippen molar-refractivity contribution in [3.63, 3.8) is 0 Å². The summed E-state index contributed by atoms with van der Waals surface area (Å²) >= 11 is -1.33. The molecule has 68 valence electrons. The fourth-order valence-electron chi connectivity index (χ4n) is 0.904. The lowest BCUT2D eigenvalue weighted by atomic mass is 10.2.